The molecule has 1 heterocycles. The van der Waals surface area contributed by atoms with Gasteiger partial charge in [-0.2, -0.15) is 0 Å². The van der Waals surface area contributed by atoms with Crippen LogP contribution in [0.4, 0.5) is 5.82 Å². The van der Waals surface area contributed by atoms with Gasteiger partial charge in [0.25, 0.3) is 0 Å². The fourth-order valence-electron chi connectivity index (χ4n) is 2.69. The van der Waals surface area contributed by atoms with Crippen molar-refractivity contribution in [2.45, 2.75) is 13.0 Å². The fraction of sp³-hybridized carbons (Fsp3) is 0.222. The van der Waals surface area contributed by atoms with E-state index < -0.39 is 12.0 Å². The third-order valence-corrected chi connectivity index (χ3v) is 3.85. The van der Waals surface area contributed by atoms with Gasteiger partial charge in [0.15, 0.2) is 6.04 Å². The first kappa shape index (κ1) is 16.9. The Bertz CT molecular complexity index is 877. The van der Waals surface area contributed by atoms with Crippen molar-refractivity contribution in [2.75, 3.05) is 18.9 Å². The molecule has 0 amide bonds. The fourth-order valence-corrected chi connectivity index (χ4v) is 2.69. The van der Waals surface area contributed by atoms with Crippen molar-refractivity contribution in [1.82, 2.24) is 9.55 Å². The molecule has 25 heavy (non-hydrogen) atoms. The molecule has 0 spiro atoms. The minimum Gasteiger partial charge on any atom is -0.464 e. The highest BCUT2D eigenvalue weighted by Crippen LogP contribution is 2.26. The summed E-state index contributed by atoms with van der Waals surface area (Å²) in [6.07, 6.45) is 2.97. The van der Waals surface area contributed by atoms with Crippen LogP contribution in [0.2, 0.25) is 0 Å². The van der Waals surface area contributed by atoms with Gasteiger partial charge in [-0.1, -0.05) is 36.4 Å². The molecule has 0 aliphatic heterocycles. The molecule has 0 aliphatic carbocycles. The van der Waals surface area contributed by atoms with Crippen molar-refractivity contribution in [3.8, 4) is 0 Å². The smallest absolute Gasteiger partial charge is 0.333 e. The van der Waals surface area contributed by atoms with Gasteiger partial charge in [0.05, 0.1) is 26.2 Å². The number of hydrogen-bond donors (Lipinski definition) is 1. The highest BCUT2D eigenvalue weighted by Gasteiger charge is 2.25. The second-order valence-corrected chi connectivity index (χ2v) is 5.40. The van der Waals surface area contributed by atoms with Crippen molar-refractivity contribution >= 4 is 22.6 Å². The topological polar surface area (TPSA) is 76.8 Å². The van der Waals surface area contributed by atoms with E-state index in [-0.39, 0.29) is 12.4 Å². The molecule has 2 aromatic carbocycles. The highest BCUT2D eigenvalue weighted by atomic mass is 16.9. The average molecular weight is 341 g/mol. The van der Waals surface area contributed by atoms with E-state index in [0.29, 0.717) is 5.23 Å². The van der Waals surface area contributed by atoms with Crippen LogP contribution in [0.25, 0.3) is 10.8 Å². The molecule has 0 aliphatic rings. The molecule has 1 atom stereocenters. The number of rotatable bonds is 6. The van der Waals surface area contributed by atoms with E-state index >= 15 is 0 Å². The van der Waals surface area contributed by atoms with Crippen LogP contribution in [0.1, 0.15) is 18.5 Å². The maximum atomic E-state index is 12.6. The van der Waals surface area contributed by atoms with Crippen LogP contribution in [-0.2, 0) is 14.4 Å². The van der Waals surface area contributed by atoms with E-state index in [1.54, 1.807) is 11.5 Å². The first-order valence-electron chi connectivity index (χ1n) is 7.86. The first-order valence-corrected chi connectivity index (χ1v) is 7.86. The molecule has 130 valence electrons. The van der Waals surface area contributed by atoms with Gasteiger partial charge in [0.2, 0.25) is 5.82 Å². The summed E-state index contributed by atoms with van der Waals surface area (Å²) in [6.45, 7) is 2.03. The zero-order valence-electron chi connectivity index (χ0n) is 14.0. The van der Waals surface area contributed by atoms with E-state index in [1.807, 2.05) is 42.5 Å². The summed E-state index contributed by atoms with van der Waals surface area (Å²) in [5.41, 5.74) is 0.767. The van der Waals surface area contributed by atoms with Gasteiger partial charge in [-0.15, -0.1) is 5.23 Å². The summed E-state index contributed by atoms with van der Waals surface area (Å²) in [7, 11) is 1.31. The summed E-state index contributed by atoms with van der Waals surface area (Å²) < 4.78 is 6.81. The van der Waals surface area contributed by atoms with Crippen molar-refractivity contribution in [3.05, 3.63) is 60.6 Å². The van der Waals surface area contributed by atoms with Crippen LogP contribution < -0.4 is 5.23 Å². The van der Waals surface area contributed by atoms with Gasteiger partial charge in [-0.3, -0.25) is 10.0 Å². The number of benzene rings is 2. The predicted molar refractivity (Wildman–Crippen MR) is 92.2 cm³/mol. The lowest BCUT2D eigenvalue weighted by Crippen LogP contribution is -2.22. The molecule has 0 saturated carbocycles. The Hall–Kier alpha value is -2.90. The minimum absolute atomic E-state index is 0.164. The van der Waals surface area contributed by atoms with E-state index in [4.69, 9.17) is 9.57 Å². The van der Waals surface area contributed by atoms with Gasteiger partial charge in [-0.05, 0) is 29.3 Å². The lowest BCUT2D eigenvalue weighted by molar-refractivity contribution is -0.145. The number of aromatic nitrogens is 2. The normalized spacial score (nSPS) is 12.1. The molecule has 1 aromatic heterocycles. The molecule has 0 fully saturated rings. The average Bonchev–Trinajstić information content (AvgIpc) is 3.11. The Labute approximate surface area is 144 Å². The summed E-state index contributed by atoms with van der Waals surface area (Å²) in [5, 5.41) is 12.2. The zero-order chi connectivity index (χ0) is 17.8. The molecule has 7 heteroatoms. The van der Waals surface area contributed by atoms with Crippen LogP contribution in [0.15, 0.2) is 55.0 Å². The number of ether oxygens (including phenoxy) is 1. The SMILES string of the molecule is CCOC(=O)C(c1ccc2ccccc2c1)n1cnc(N(O)OC)c1. The molecule has 3 aromatic rings. The van der Waals surface area contributed by atoms with Gasteiger partial charge in [-0.25, -0.2) is 9.78 Å². The van der Waals surface area contributed by atoms with Crippen LogP contribution in [0.3, 0.4) is 0 Å². The molecule has 0 radical (unpaired) electrons. The van der Waals surface area contributed by atoms with Crippen LogP contribution >= 0.6 is 0 Å². The molecule has 0 bridgehead atoms. The second kappa shape index (κ2) is 7.33. The molecular formula is C18H19N3O4. The monoisotopic (exact) mass is 341 g/mol. The molecule has 7 nitrogen and oxygen atoms in total. The van der Waals surface area contributed by atoms with Crippen LogP contribution in [-0.4, -0.2) is 34.4 Å². The third kappa shape index (κ3) is 3.47. The maximum Gasteiger partial charge on any atom is 0.333 e. The molecular weight excluding hydrogens is 322 g/mol. The summed E-state index contributed by atoms with van der Waals surface area (Å²) >= 11 is 0. The Morgan fingerprint density at radius 2 is 2.04 bits per heavy atom. The number of carbonyl (C=O) groups is 1. The number of nitrogens with zero attached hydrogens (tertiary/aromatic N) is 3. The lowest BCUT2D eigenvalue weighted by Gasteiger charge is -2.18. The Kier molecular flexibility index (Phi) is 4.97. The number of fused-ring (bicyclic) bond motifs is 1. The van der Waals surface area contributed by atoms with E-state index in [9.17, 15) is 10.0 Å². The Morgan fingerprint density at radius 1 is 1.28 bits per heavy atom. The largest absolute Gasteiger partial charge is 0.464 e. The van der Waals surface area contributed by atoms with E-state index in [0.717, 1.165) is 16.3 Å². The second-order valence-electron chi connectivity index (χ2n) is 5.40. The maximum absolute atomic E-state index is 12.6. The quantitative estimate of drug-likeness (QED) is 0.549. The van der Waals surface area contributed by atoms with Crippen LogP contribution in [0, 0.1) is 0 Å². The minimum atomic E-state index is -0.712. The summed E-state index contributed by atoms with van der Waals surface area (Å²) in [5.74, 6) is -0.235. The van der Waals surface area contributed by atoms with Crippen molar-refractivity contribution < 1.29 is 19.6 Å². The van der Waals surface area contributed by atoms with Gasteiger partial charge < -0.3 is 9.30 Å². The van der Waals surface area contributed by atoms with E-state index in [1.165, 1.54) is 19.6 Å². The van der Waals surface area contributed by atoms with E-state index in [2.05, 4.69) is 4.98 Å². The first-order chi connectivity index (χ1) is 12.1. The zero-order valence-corrected chi connectivity index (χ0v) is 14.0. The molecule has 1 N–H and O–H groups in total. The van der Waals surface area contributed by atoms with Crippen molar-refractivity contribution in [1.29, 1.82) is 0 Å². The third-order valence-electron chi connectivity index (χ3n) is 3.85. The number of carbonyl (C=O) groups excluding carboxylic acids is 1. The number of imidazole rings is 1. The number of hydrogen-bond acceptors (Lipinski definition) is 6. The molecule has 1 unspecified atom stereocenters. The Balaban J connectivity index is 2.04. The van der Waals surface area contributed by atoms with Gasteiger partial charge >= 0.3 is 5.97 Å². The Morgan fingerprint density at radius 3 is 2.76 bits per heavy atom. The summed E-state index contributed by atoms with van der Waals surface area (Å²) in [6, 6.07) is 13.0. The predicted octanol–water partition coefficient (Wildman–Crippen LogP) is 2.95. The molecule has 0 saturated heterocycles. The van der Waals surface area contributed by atoms with Gasteiger partial charge in [0, 0.05) is 0 Å². The van der Waals surface area contributed by atoms with Crippen LogP contribution in [0.5, 0.6) is 0 Å². The van der Waals surface area contributed by atoms with Gasteiger partial charge in [0.1, 0.15) is 0 Å². The van der Waals surface area contributed by atoms with Crippen molar-refractivity contribution in [2.24, 2.45) is 0 Å². The lowest BCUT2D eigenvalue weighted by atomic mass is 10.0. The number of anilines is 1. The molecule has 3 rings (SSSR count). The standard InChI is InChI=1S/C18H19N3O4/c1-3-25-18(22)17(20-11-16(19-12-20)21(23)24-2)15-9-8-13-6-4-5-7-14(13)10-15/h4-12,17,23H,3H2,1-2H3. The van der Waals surface area contributed by atoms with Crippen molar-refractivity contribution in [3.63, 3.8) is 0 Å². The number of esters is 1. The summed E-state index contributed by atoms with van der Waals surface area (Å²) in [4.78, 5) is 21.3. The highest BCUT2D eigenvalue weighted by molar-refractivity contribution is 5.86.